The summed E-state index contributed by atoms with van der Waals surface area (Å²) in [5.41, 5.74) is 0.979. The summed E-state index contributed by atoms with van der Waals surface area (Å²) < 4.78 is 0. The second-order valence-corrected chi connectivity index (χ2v) is 8.82. The van der Waals surface area contributed by atoms with Crippen LogP contribution in [0.1, 0.15) is 104 Å². The number of ketones is 1. The maximum Gasteiger partial charge on any atom is 0.132 e. The van der Waals surface area contributed by atoms with Gasteiger partial charge in [-0.25, -0.2) is 0 Å². The third kappa shape index (κ3) is 6.61. The van der Waals surface area contributed by atoms with E-state index in [1.165, 1.54) is 70.6 Å². The van der Waals surface area contributed by atoms with Gasteiger partial charge in [0.25, 0.3) is 0 Å². The quantitative estimate of drug-likeness (QED) is 0.547. The van der Waals surface area contributed by atoms with Gasteiger partial charge in [0.05, 0.1) is 0 Å². The molecule has 24 heavy (non-hydrogen) atoms. The Balaban J connectivity index is 2.05. The zero-order valence-corrected chi connectivity index (χ0v) is 16.2. The van der Waals surface area contributed by atoms with E-state index in [0.717, 1.165) is 30.4 Å². The van der Waals surface area contributed by atoms with Crippen molar-refractivity contribution in [2.75, 3.05) is 0 Å². The Morgan fingerprint density at radius 3 is 2.00 bits per heavy atom. The summed E-state index contributed by atoms with van der Waals surface area (Å²) in [6.45, 7) is 7.92. The van der Waals surface area contributed by atoms with Crippen LogP contribution < -0.4 is 5.32 Å². The van der Waals surface area contributed by atoms with Crippen LogP contribution in [-0.4, -0.2) is 11.3 Å². The van der Waals surface area contributed by atoms with E-state index in [1.54, 1.807) is 6.92 Å². The lowest BCUT2D eigenvalue weighted by molar-refractivity contribution is -0.118. The summed E-state index contributed by atoms with van der Waals surface area (Å²) in [5, 5.41) is 3.70. The highest BCUT2D eigenvalue weighted by Crippen LogP contribution is 2.37. The van der Waals surface area contributed by atoms with Gasteiger partial charge in [-0.3, -0.25) is 4.79 Å². The fraction of sp³-hybridized carbons (Fsp3) is 0.864. The molecule has 0 heterocycles. The number of carbonyl (C=O) groups is 1. The normalized spacial score (nSPS) is 22.8. The molecule has 2 heteroatoms. The second-order valence-electron chi connectivity index (χ2n) is 8.82. The fourth-order valence-electron chi connectivity index (χ4n) is 5.25. The molecule has 0 aromatic heterocycles. The predicted octanol–water partition coefficient (Wildman–Crippen LogP) is 6.16. The first-order chi connectivity index (χ1) is 11.5. The van der Waals surface area contributed by atoms with E-state index in [2.05, 4.69) is 18.8 Å². The molecule has 138 valence electrons. The van der Waals surface area contributed by atoms with Gasteiger partial charge in [-0.1, -0.05) is 70.8 Å². The molecule has 1 unspecified atom stereocenters. The van der Waals surface area contributed by atoms with Crippen LogP contribution >= 0.6 is 0 Å². The van der Waals surface area contributed by atoms with Crippen LogP contribution in [0.3, 0.4) is 0 Å². The van der Waals surface area contributed by atoms with Crippen LogP contribution in [0.4, 0.5) is 0 Å². The smallest absolute Gasteiger partial charge is 0.132 e. The van der Waals surface area contributed by atoms with E-state index in [0.29, 0.717) is 12.2 Å². The van der Waals surface area contributed by atoms with Crippen molar-refractivity contribution in [3.8, 4) is 0 Å². The Morgan fingerprint density at radius 1 is 0.958 bits per heavy atom. The van der Waals surface area contributed by atoms with Gasteiger partial charge in [0.2, 0.25) is 0 Å². The maximum atomic E-state index is 12.1. The molecule has 2 aliphatic rings. The number of rotatable bonds is 9. The maximum absolute atomic E-state index is 12.1. The van der Waals surface area contributed by atoms with E-state index in [4.69, 9.17) is 0 Å². The van der Waals surface area contributed by atoms with Gasteiger partial charge >= 0.3 is 0 Å². The number of hydrogen-bond donors (Lipinski definition) is 1. The molecule has 2 saturated carbocycles. The zero-order valence-electron chi connectivity index (χ0n) is 16.2. The predicted molar refractivity (Wildman–Crippen MR) is 103 cm³/mol. The fourth-order valence-corrected chi connectivity index (χ4v) is 5.25. The SMILES string of the molecule is C=C(C)NC(CCC1CCCCC1)(CC(C)=O)CC1CCCCC1. The first kappa shape index (κ1) is 19.5. The van der Waals surface area contributed by atoms with Gasteiger partial charge in [0.1, 0.15) is 5.78 Å². The first-order valence-electron chi connectivity index (χ1n) is 10.4. The Hall–Kier alpha value is -0.790. The zero-order chi connectivity index (χ0) is 17.4. The summed E-state index contributed by atoms with van der Waals surface area (Å²) in [6, 6.07) is 0. The summed E-state index contributed by atoms with van der Waals surface area (Å²) in [5.74, 6) is 1.99. The Morgan fingerprint density at radius 2 is 1.50 bits per heavy atom. The molecule has 0 radical (unpaired) electrons. The molecule has 2 nitrogen and oxygen atoms in total. The Kier molecular flexibility index (Phi) is 7.84. The van der Waals surface area contributed by atoms with Gasteiger partial charge < -0.3 is 5.32 Å². The van der Waals surface area contributed by atoms with Crippen LogP contribution in [0, 0.1) is 11.8 Å². The molecular formula is C22H39NO. The molecule has 2 aliphatic carbocycles. The minimum atomic E-state index is -0.0445. The van der Waals surface area contributed by atoms with Crippen LogP contribution in [0.2, 0.25) is 0 Å². The van der Waals surface area contributed by atoms with Crippen molar-refractivity contribution in [1.29, 1.82) is 0 Å². The minimum Gasteiger partial charge on any atom is -0.383 e. The summed E-state index contributed by atoms with van der Waals surface area (Å²) in [4.78, 5) is 12.1. The number of nitrogens with one attached hydrogen (secondary N) is 1. The molecule has 0 aliphatic heterocycles. The van der Waals surface area contributed by atoms with Crippen molar-refractivity contribution in [2.45, 2.75) is 109 Å². The lowest BCUT2D eigenvalue weighted by Gasteiger charge is -2.40. The summed E-state index contributed by atoms with van der Waals surface area (Å²) in [7, 11) is 0. The standard InChI is InChI=1S/C22H39NO/c1-18(2)23-22(16-19(3)24,17-21-12-8-5-9-13-21)15-14-20-10-6-4-7-11-20/h20-21,23H,1,4-17H2,2-3H3. The van der Waals surface area contributed by atoms with Crippen molar-refractivity contribution in [1.82, 2.24) is 5.32 Å². The average Bonchev–Trinajstić information content (AvgIpc) is 2.54. The highest BCUT2D eigenvalue weighted by Gasteiger charge is 2.35. The van der Waals surface area contributed by atoms with E-state index >= 15 is 0 Å². The van der Waals surface area contributed by atoms with Crippen molar-refractivity contribution in [2.24, 2.45) is 11.8 Å². The number of carbonyl (C=O) groups excluding carboxylic acids is 1. The molecule has 1 atom stereocenters. The molecule has 2 rings (SSSR count). The van der Waals surface area contributed by atoms with E-state index in [9.17, 15) is 4.79 Å². The molecule has 0 aromatic rings. The van der Waals surface area contributed by atoms with E-state index in [1.807, 2.05) is 0 Å². The van der Waals surface area contributed by atoms with E-state index in [-0.39, 0.29) is 5.54 Å². The monoisotopic (exact) mass is 333 g/mol. The average molecular weight is 334 g/mol. The number of hydrogen-bond acceptors (Lipinski definition) is 2. The Bertz CT molecular complexity index is 386. The molecule has 2 fully saturated rings. The van der Waals surface area contributed by atoms with Crippen LogP contribution in [0.5, 0.6) is 0 Å². The van der Waals surface area contributed by atoms with Crippen LogP contribution in [0.15, 0.2) is 12.3 Å². The highest BCUT2D eigenvalue weighted by atomic mass is 16.1. The van der Waals surface area contributed by atoms with Crippen molar-refractivity contribution < 1.29 is 4.79 Å². The van der Waals surface area contributed by atoms with Crippen molar-refractivity contribution >= 4 is 5.78 Å². The van der Waals surface area contributed by atoms with Gasteiger partial charge in [0.15, 0.2) is 0 Å². The molecule has 0 aromatic carbocycles. The van der Waals surface area contributed by atoms with Gasteiger partial charge in [-0.05, 0) is 44.9 Å². The lowest BCUT2D eigenvalue weighted by Crippen LogP contribution is -2.47. The van der Waals surface area contributed by atoms with Crippen LogP contribution in [-0.2, 0) is 4.79 Å². The first-order valence-corrected chi connectivity index (χ1v) is 10.4. The van der Waals surface area contributed by atoms with E-state index < -0.39 is 0 Å². The molecule has 0 spiro atoms. The Labute approximate surface area is 149 Å². The number of allylic oxidation sites excluding steroid dienone is 1. The van der Waals surface area contributed by atoms with Gasteiger partial charge in [0, 0.05) is 17.7 Å². The minimum absolute atomic E-state index is 0.0445. The number of Topliss-reactive ketones (excluding diaryl/α,β-unsaturated/α-hetero) is 1. The van der Waals surface area contributed by atoms with Gasteiger partial charge in [-0.15, -0.1) is 0 Å². The summed E-state index contributed by atoms with van der Waals surface area (Å²) in [6.07, 6.45) is 18.1. The molecule has 0 bridgehead atoms. The highest BCUT2D eigenvalue weighted by molar-refractivity contribution is 5.76. The molecule has 0 amide bonds. The molecule has 0 saturated heterocycles. The van der Waals surface area contributed by atoms with Crippen molar-refractivity contribution in [3.63, 3.8) is 0 Å². The second kappa shape index (κ2) is 9.63. The largest absolute Gasteiger partial charge is 0.383 e. The third-order valence-corrected chi connectivity index (χ3v) is 6.23. The van der Waals surface area contributed by atoms with Crippen molar-refractivity contribution in [3.05, 3.63) is 12.3 Å². The molecular weight excluding hydrogens is 294 g/mol. The third-order valence-electron chi connectivity index (χ3n) is 6.23. The van der Waals surface area contributed by atoms with Crippen LogP contribution in [0.25, 0.3) is 0 Å². The lowest BCUT2D eigenvalue weighted by atomic mass is 9.73. The molecule has 1 N–H and O–H groups in total. The topological polar surface area (TPSA) is 29.1 Å². The summed E-state index contributed by atoms with van der Waals surface area (Å²) >= 11 is 0. The van der Waals surface area contributed by atoms with Gasteiger partial charge in [-0.2, -0.15) is 0 Å².